The number of fused-ring (bicyclic) bond motifs is 1. The van der Waals surface area contributed by atoms with Crippen molar-refractivity contribution in [2.75, 3.05) is 25.3 Å². The van der Waals surface area contributed by atoms with E-state index in [1.807, 2.05) is 42.5 Å². The number of hydrogen-bond acceptors (Lipinski definition) is 7. The number of hydrogen-bond donors (Lipinski definition) is 2. The first-order valence-corrected chi connectivity index (χ1v) is 11.0. The summed E-state index contributed by atoms with van der Waals surface area (Å²) in [6.45, 7) is 0. The number of Topliss-reactive ketones (excluding diaryl/α,β-unsaturated/α-hetero) is 1. The fourth-order valence-corrected chi connectivity index (χ4v) is 5.06. The summed E-state index contributed by atoms with van der Waals surface area (Å²) in [5.41, 5.74) is 9.42. The van der Waals surface area contributed by atoms with Gasteiger partial charge in [-0.15, -0.1) is 5.10 Å². The molecule has 3 aromatic rings. The van der Waals surface area contributed by atoms with Gasteiger partial charge in [0.2, 0.25) is 11.9 Å². The third kappa shape index (κ3) is 3.33. The molecule has 2 aromatic carbocycles. The van der Waals surface area contributed by atoms with Gasteiger partial charge in [0.1, 0.15) is 6.04 Å². The van der Waals surface area contributed by atoms with Gasteiger partial charge in [-0.2, -0.15) is 4.98 Å². The van der Waals surface area contributed by atoms with Crippen molar-refractivity contribution in [3.63, 3.8) is 0 Å². The quantitative estimate of drug-likeness (QED) is 0.562. The minimum absolute atomic E-state index is 0.000221. The number of carbonyl (C=O) groups is 1. The van der Waals surface area contributed by atoms with E-state index in [0.717, 1.165) is 21.3 Å². The van der Waals surface area contributed by atoms with Crippen molar-refractivity contribution < 1.29 is 14.3 Å². The number of methoxy groups -OCH3 is 2. The molecule has 32 heavy (non-hydrogen) atoms. The number of nitrogens with two attached hydrogens (primary N) is 1. The minimum Gasteiger partial charge on any atom is -0.493 e. The Morgan fingerprint density at radius 2 is 1.91 bits per heavy atom. The van der Waals surface area contributed by atoms with Crippen LogP contribution in [0.25, 0.3) is 0 Å². The maximum absolute atomic E-state index is 13.5. The van der Waals surface area contributed by atoms with Gasteiger partial charge in [-0.3, -0.25) is 4.79 Å². The predicted octanol–water partition coefficient (Wildman–Crippen LogP) is 4.06. The van der Waals surface area contributed by atoms with Crippen molar-refractivity contribution in [1.82, 2.24) is 14.8 Å². The van der Waals surface area contributed by atoms with E-state index in [9.17, 15) is 4.79 Å². The fraction of sp³-hybridized carbons (Fsp3) is 0.261. The van der Waals surface area contributed by atoms with Gasteiger partial charge in [0.05, 0.1) is 14.2 Å². The predicted molar refractivity (Wildman–Crippen MR) is 124 cm³/mol. The number of allylic oxidation sites excluding steroid dienone is 2. The number of carbonyl (C=O) groups excluding carboxylic acids is 1. The molecule has 5 rings (SSSR count). The van der Waals surface area contributed by atoms with Crippen molar-refractivity contribution in [3.8, 4) is 11.5 Å². The largest absolute Gasteiger partial charge is 0.493 e. The zero-order valence-electron chi connectivity index (χ0n) is 17.6. The summed E-state index contributed by atoms with van der Waals surface area (Å²) in [5, 5.41) is 7.69. The molecule has 2 heterocycles. The average molecular weight is 496 g/mol. The summed E-state index contributed by atoms with van der Waals surface area (Å²) in [7, 11) is 3.21. The molecule has 0 bridgehead atoms. The van der Waals surface area contributed by atoms with Gasteiger partial charge in [-0.05, 0) is 41.7 Å². The first-order chi connectivity index (χ1) is 15.5. The molecule has 164 valence electrons. The molecule has 2 aliphatic rings. The van der Waals surface area contributed by atoms with Crippen LogP contribution in [-0.4, -0.2) is 34.8 Å². The van der Waals surface area contributed by atoms with Crippen LogP contribution >= 0.6 is 15.9 Å². The van der Waals surface area contributed by atoms with E-state index >= 15 is 0 Å². The number of ether oxygens (including phenoxy) is 2. The highest BCUT2D eigenvalue weighted by Gasteiger charge is 2.40. The summed E-state index contributed by atoms with van der Waals surface area (Å²) < 4.78 is 13.4. The van der Waals surface area contributed by atoms with E-state index in [0.29, 0.717) is 35.9 Å². The zero-order chi connectivity index (χ0) is 22.4. The Hall–Kier alpha value is -3.33. The Bertz CT molecular complexity index is 1250. The highest BCUT2D eigenvalue weighted by Crippen LogP contribution is 2.46. The average Bonchev–Trinajstić information content (AvgIpc) is 3.17. The van der Waals surface area contributed by atoms with Crippen LogP contribution in [0.5, 0.6) is 11.5 Å². The normalized spacial score (nSPS) is 19.8. The maximum atomic E-state index is 13.5. The fourth-order valence-electron chi connectivity index (χ4n) is 4.56. The Morgan fingerprint density at radius 3 is 2.66 bits per heavy atom. The number of nitrogens with one attached hydrogen (secondary N) is 1. The Morgan fingerprint density at radius 1 is 1.12 bits per heavy atom. The number of nitrogen functional groups attached to an aromatic ring is 1. The molecule has 0 saturated heterocycles. The van der Waals surface area contributed by atoms with Crippen LogP contribution in [0.4, 0.5) is 11.9 Å². The standard InChI is InChI=1S/C23H22BrN5O3/c1-31-18-8-7-12(11-19(18)32-2)13-9-16-20(17(30)10-13)21(14-5-3-4-6-15(14)24)29-23(26-16)27-22(25)28-29/h3-8,11,13,21H,9-10H2,1-2H3,(H3,25,26,27,28)/t13-,21+/m0/s1. The number of benzene rings is 2. The molecule has 0 amide bonds. The number of ketones is 1. The summed E-state index contributed by atoms with van der Waals surface area (Å²) in [6, 6.07) is 13.2. The lowest BCUT2D eigenvalue weighted by Crippen LogP contribution is -2.33. The molecule has 9 heteroatoms. The molecule has 3 N–H and O–H groups in total. The summed E-state index contributed by atoms with van der Waals surface area (Å²) in [5.74, 6) is 2.06. The van der Waals surface area contributed by atoms with Crippen LogP contribution in [0.1, 0.15) is 35.9 Å². The van der Waals surface area contributed by atoms with Gasteiger partial charge in [0, 0.05) is 22.2 Å². The second-order valence-electron chi connectivity index (χ2n) is 7.82. The van der Waals surface area contributed by atoms with E-state index in [-0.39, 0.29) is 17.6 Å². The van der Waals surface area contributed by atoms with Gasteiger partial charge in [-0.25, -0.2) is 4.68 Å². The Labute approximate surface area is 193 Å². The van der Waals surface area contributed by atoms with Crippen molar-refractivity contribution in [1.29, 1.82) is 0 Å². The summed E-state index contributed by atoms with van der Waals surface area (Å²) in [6.07, 6.45) is 1.04. The molecule has 0 spiro atoms. The summed E-state index contributed by atoms with van der Waals surface area (Å²) >= 11 is 3.63. The number of rotatable bonds is 4. The van der Waals surface area contributed by atoms with E-state index < -0.39 is 6.04 Å². The molecule has 2 atom stereocenters. The van der Waals surface area contributed by atoms with Gasteiger partial charge >= 0.3 is 0 Å². The number of nitrogens with zero attached hydrogens (tertiary/aromatic N) is 3. The van der Waals surface area contributed by atoms with E-state index in [1.54, 1.807) is 18.9 Å². The molecule has 0 unspecified atom stereocenters. The van der Waals surface area contributed by atoms with Gasteiger partial charge in [-0.1, -0.05) is 40.2 Å². The summed E-state index contributed by atoms with van der Waals surface area (Å²) in [4.78, 5) is 17.9. The Kier molecular flexibility index (Phi) is 5.13. The number of halogens is 1. The molecule has 1 aromatic heterocycles. The topological polar surface area (TPSA) is 104 Å². The van der Waals surface area contributed by atoms with Crippen LogP contribution in [0.15, 0.2) is 58.2 Å². The number of anilines is 2. The highest BCUT2D eigenvalue weighted by molar-refractivity contribution is 9.10. The first kappa shape index (κ1) is 20.6. The van der Waals surface area contributed by atoms with Crippen LogP contribution in [0.3, 0.4) is 0 Å². The lowest BCUT2D eigenvalue weighted by atomic mass is 9.78. The van der Waals surface area contributed by atoms with Crippen LogP contribution in [0.2, 0.25) is 0 Å². The van der Waals surface area contributed by atoms with Crippen molar-refractivity contribution in [3.05, 3.63) is 69.3 Å². The van der Waals surface area contributed by atoms with Gasteiger partial charge in [0.15, 0.2) is 17.3 Å². The molecule has 1 aliphatic carbocycles. The lowest BCUT2D eigenvalue weighted by Gasteiger charge is -2.35. The third-order valence-electron chi connectivity index (χ3n) is 6.02. The zero-order valence-corrected chi connectivity index (χ0v) is 19.2. The molecule has 0 fully saturated rings. The van der Waals surface area contributed by atoms with Crippen LogP contribution in [0, 0.1) is 0 Å². The Balaban J connectivity index is 1.59. The van der Waals surface area contributed by atoms with Gasteiger partial charge < -0.3 is 20.5 Å². The molecule has 0 saturated carbocycles. The second kappa shape index (κ2) is 7.98. The van der Waals surface area contributed by atoms with Crippen LogP contribution in [-0.2, 0) is 4.79 Å². The molecule has 1 aliphatic heterocycles. The van der Waals surface area contributed by atoms with E-state index in [4.69, 9.17) is 15.2 Å². The first-order valence-electron chi connectivity index (χ1n) is 10.2. The molecule has 0 radical (unpaired) electrons. The second-order valence-corrected chi connectivity index (χ2v) is 8.68. The van der Waals surface area contributed by atoms with Crippen molar-refractivity contribution in [2.24, 2.45) is 0 Å². The molecular formula is C23H22BrN5O3. The number of aromatic nitrogens is 3. The monoisotopic (exact) mass is 495 g/mol. The molecular weight excluding hydrogens is 474 g/mol. The van der Waals surface area contributed by atoms with Gasteiger partial charge in [0.25, 0.3) is 0 Å². The van der Waals surface area contributed by atoms with Crippen molar-refractivity contribution >= 4 is 33.6 Å². The SMILES string of the molecule is COc1ccc([C@@H]2CC(=O)C3=C(C2)Nc2nc(N)nn2[C@@H]3c2ccccc2Br)cc1OC. The maximum Gasteiger partial charge on any atom is 0.241 e. The minimum atomic E-state index is -0.402. The van der Waals surface area contributed by atoms with Crippen LogP contribution < -0.4 is 20.5 Å². The highest BCUT2D eigenvalue weighted by atomic mass is 79.9. The smallest absolute Gasteiger partial charge is 0.241 e. The van der Waals surface area contributed by atoms with E-state index in [2.05, 4.69) is 31.3 Å². The third-order valence-corrected chi connectivity index (χ3v) is 6.74. The van der Waals surface area contributed by atoms with Crippen molar-refractivity contribution in [2.45, 2.75) is 24.8 Å². The molecule has 8 nitrogen and oxygen atoms in total. The lowest BCUT2D eigenvalue weighted by molar-refractivity contribution is -0.116. The van der Waals surface area contributed by atoms with E-state index in [1.165, 1.54) is 0 Å².